The molecule has 3 rings (SSSR count). The molecule has 0 aliphatic heterocycles. The van der Waals surface area contributed by atoms with Crippen LogP contribution in [0.5, 0.6) is 0 Å². The van der Waals surface area contributed by atoms with Crippen LogP contribution >= 0.6 is 0 Å². The number of aliphatic hydroxyl groups excluding tert-OH is 1. The standard InChI is InChI=1S/C22H25FN4O2/c1-27(2)22(24)25-13-21-18(14-28)20(26-29-21)11-9-15-8-10-17(19(23)12-15)16-6-4-3-5-7-16/h3-8,10,12,28H,9,11,13-14H2,1-2H3,(H2,24,25). The van der Waals surface area contributed by atoms with Gasteiger partial charge in [0.05, 0.1) is 18.8 Å². The topological polar surface area (TPSA) is 85.4 Å². The first-order valence-corrected chi connectivity index (χ1v) is 9.40. The molecule has 2 aromatic carbocycles. The normalized spacial score (nSPS) is 10.8. The predicted octanol–water partition coefficient (Wildman–Crippen LogP) is 3.34. The minimum Gasteiger partial charge on any atom is -0.391 e. The maximum atomic E-state index is 14.5. The molecular formula is C22H25FN4O2. The first-order chi connectivity index (χ1) is 14.0. The van der Waals surface area contributed by atoms with Gasteiger partial charge in [0.15, 0.2) is 11.7 Å². The highest BCUT2D eigenvalue weighted by molar-refractivity contribution is 5.75. The Kier molecular flexibility index (Phi) is 6.61. The Bertz CT molecular complexity index is 970. The van der Waals surface area contributed by atoms with Crippen LogP contribution in [-0.2, 0) is 26.0 Å². The van der Waals surface area contributed by atoms with E-state index in [2.05, 4.69) is 10.5 Å². The number of halogens is 1. The summed E-state index contributed by atoms with van der Waals surface area (Å²) in [6.45, 7) is 0.0623. The Morgan fingerprint density at radius 2 is 1.93 bits per heavy atom. The summed E-state index contributed by atoms with van der Waals surface area (Å²) >= 11 is 0. The Morgan fingerprint density at radius 1 is 1.17 bits per heavy atom. The Morgan fingerprint density at radius 3 is 2.59 bits per heavy atom. The monoisotopic (exact) mass is 396 g/mol. The zero-order chi connectivity index (χ0) is 20.8. The third-order valence-electron chi connectivity index (χ3n) is 4.74. The van der Waals surface area contributed by atoms with Crippen molar-refractivity contribution >= 4 is 5.96 Å². The van der Waals surface area contributed by atoms with Crippen LogP contribution in [-0.4, -0.2) is 35.2 Å². The predicted molar refractivity (Wildman–Crippen MR) is 110 cm³/mol. The van der Waals surface area contributed by atoms with Crippen molar-refractivity contribution < 1.29 is 14.0 Å². The van der Waals surface area contributed by atoms with E-state index in [1.54, 1.807) is 31.1 Å². The van der Waals surface area contributed by atoms with E-state index >= 15 is 0 Å². The fourth-order valence-electron chi connectivity index (χ4n) is 3.05. The summed E-state index contributed by atoms with van der Waals surface area (Å²) in [6.07, 6.45) is 1.10. The molecule has 152 valence electrons. The number of nitrogens with one attached hydrogen (secondary N) is 2. The summed E-state index contributed by atoms with van der Waals surface area (Å²) < 4.78 is 19.9. The van der Waals surface area contributed by atoms with Gasteiger partial charge in [0.2, 0.25) is 0 Å². The lowest BCUT2D eigenvalue weighted by Gasteiger charge is -2.14. The van der Waals surface area contributed by atoms with Crippen LogP contribution in [0.4, 0.5) is 4.39 Å². The van der Waals surface area contributed by atoms with Crippen LogP contribution < -0.4 is 5.32 Å². The molecule has 0 fully saturated rings. The van der Waals surface area contributed by atoms with Gasteiger partial charge >= 0.3 is 0 Å². The van der Waals surface area contributed by atoms with Gasteiger partial charge in [0.25, 0.3) is 0 Å². The average molecular weight is 396 g/mol. The van der Waals surface area contributed by atoms with E-state index in [-0.39, 0.29) is 24.9 Å². The molecule has 1 heterocycles. The second-order valence-corrected chi connectivity index (χ2v) is 6.97. The van der Waals surface area contributed by atoms with Crippen molar-refractivity contribution in [3.8, 4) is 11.1 Å². The van der Waals surface area contributed by atoms with Gasteiger partial charge in [-0.3, -0.25) is 5.41 Å². The maximum Gasteiger partial charge on any atom is 0.190 e. The van der Waals surface area contributed by atoms with Crippen LogP contribution in [0.1, 0.15) is 22.6 Å². The molecule has 1 aromatic heterocycles. The summed E-state index contributed by atoms with van der Waals surface area (Å²) in [7, 11) is 3.52. The van der Waals surface area contributed by atoms with E-state index in [1.165, 1.54) is 0 Å². The van der Waals surface area contributed by atoms with Crippen molar-refractivity contribution in [1.82, 2.24) is 15.4 Å². The summed E-state index contributed by atoms with van der Waals surface area (Å²) in [5, 5.41) is 24.5. The van der Waals surface area contributed by atoms with E-state index in [0.717, 1.165) is 11.1 Å². The second kappa shape index (κ2) is 9.34. The largest absolute Gasteiger partial charge is 0.391 e. The molecule has 0 amide bonds. The number of aromatic nitrogens is 1. The average Bonchev–Trinajstić information content (AvgIpc) is 3.12. The molecular weight excluding hydrogens is 371 g/mol. The minimum absolute atomic E-state index is 0.202. The molecule has 0 radical (unpaired) electrons. The van der Waals surface area contributed by atoms with Gasteiger partial charge in [-0.2, -0.15) is 0 Å². The second-order valence-electron chi connectivity index (χ2n) is 6.97. The first-order valence-electron chi connectivity index (χ1n) is 9.40. The molecule has 0 aliphatic carbocycles. The van der Waals surface area contributed by atoms with Crippen molar-refractivity contribution in [2.45, 2.75) is 26.0 Å². The molecule has 3 aromatic rings. The number of benzene rings is 2. The lowest BCUT2D eigenvalue weighted by Crippen LogP contribution is -2.34. The molecule has 0 atom stereocenters. The zero-order valence-corrected chi connectivity index (χ0v) is 16.6. The number of rotatable bonds is 7. The number of aliphatic hydroxyl groups is 1. The van der Waals surface area contributed by atoms with Gasteiger partial charge in [-0.15, -0.1) is 0 Å². The van der Waals surface area contributed by atoms with Crippen LogP contribution in [0.25, 0.3) is 11.1 Å². The highest BCUT2D eigenvalue weighted by atomic mass is 19.1. The quantitative estimate of drug-likeness (QED) is 0.421. The smallest absolute Gasteiger partial charge is 0.190 e. The lowest BCUT2D eigenvalue weighted by atomic mass is 10.00. The lowest BCUT2D eigenvalue weighted by molar-refractivity contribution is 0.276. The molecule has 0 saturated carbocycles. The molecule has 7 heteroatoms. The molecule has 29 heavy (non-hydrogen) atoms. The van der Waals surface area contributed by atoms with Gasteiger partial charge < -0.3 is 19.8 Å². The van der Waals surface area contributed by atoms with Gasteiger partial charge in [0.1, 0.15) is 5.82 Å². The van der Waals surface area contributed by atoms with Crippen LogP contribution in [0, 0.1) is 11.2 Å². The summed E-state index contributed by atoms with van der Waals surface area (Å²) in [6, 6.07) is 14.7. The van der Waals surface area contributed by atoms with Crippen molar-refractivity contribution in [3.63, 3.8) is 0 Å². The van der Waals surface area contributed by atoms with Crippen molar-refractivity contribution in [2.75, 3.05) is 14.1 Å². The fraction of sp³-hybridized carbons (Fsp3) is 0.273. The van der Waals surface area contributed by atoms with Gasteiger partial charge in [-0.25, -0.2) is 4.39 Å². The van der Waals surface area contributed by atoms with Crippen LogP contribution in [0.3, 0.4) is 0 Å². The fourth-order valence-corrected chi connectivity index (χ4v) is 3.05. The number of hydrogen-bond donors (Lipinski definition) is 3. The zero-order valence-electron chi connectivity index (χ0n) is 16.6. The molecule has 3 N–H and O–H groups in total. The SMILES string of the molecule is CN(C)C(=N)NCc1onc(CCc2ccc(-c3ccccc3)c(F)c2)c1CO. The van der Waals surface area contributed by atoms with E-state index in [1.807, 2.05) is 36.4 Å². The maximum absolute atomic E-state index is 14.5. The Labute approximate surface area is 169 Å². The van der Waals surface area contributed by atoms with E-state index in [4.69, 9.17) is 9.93 Å². The third-order valence-corrected chi connectivity index (χ3v) is 4.74. The molecule has 6 nitrogen and oxygen atoms in total. The van der Waals surface area contributed by atoms with E-state index in [0.29, 0.717) is 35.4 Å². The first kappa shape index (κ1) is 20.5. The van der Waals surface area contributed by atoms with E-state index < -0.39 is 0 Å². The van der Waals surface area contributed by atoms with Crippen LogP contribution in [0.2, 0.25) is 0 Å². The highest BCUT2D eigenvalue weighted by Gasteiger charge is 2.16. The number of guanidine groups is 1. The number of hydrogen-bond acceptors (Lipinski definition) is 4. The minimum atomic E-state index is -0.261. The van der Waals surface area contributed by atoms with Crippen molar-refractivity contribution in [2.24, 2.45) is 0 Å². The summed E-state index contributed by atoms with van der Waals surface area (Å²) in [4.78, 5) is 1.63. The summed E-state index contributed by atoms with van der Waals surface area (Å²) in [5.41, 5.74) is 3.53. The van der Waals surface area contributed by atoms with E-state index in [9.17, 15) is 9.50 Å². The Balaban J connectivity index is 1.67. The Hall–Kier alpha value is -3.19. The number of nitrogens with zero attached hydrogens (tertiary/aromatic N) is 2. The molecule has 0 spiro atoms. The van der Waals surface area contributed by atoms with Crippen molar-refractivity contribution in [3.05, 3.63) is 76.9 Å². The number of aryl methyl sites for hydroxylation is 2. The van der Waals surface area contributed by atoms with Crippen LogP contribution in [0.15, 0.2) is 53.1 Å². The molecule has 0 saturated heterocycles. The molecule has 0 unspecified atom stereocenters. The van der Waals surface area contributed by atoms with Gasteiger partial charge in [-0.05, 0) is 30.0 Å². The summed E-state index contributed by atoms with van der Waals surface area (Å²) in [5.74, 6) is 0.476. The third kappa shape index (κ3) is 5.00. The van der Waals surface area contributed by atoms with Gasteiger partial charge in [-0.1, -0.05) is 47.6 Å². The van der Waals surface area contributed by atoms with Gasteiger partial charge in [0, 0.05) is 25.2 Å². The highest BCUT2D eigenvalue weighted by Crippen LogP contribution is 2.24. The molecule has 0 bridgehead atoms. The van der Waals surface area contributed by atoms with Crippen molar-refractivity contribution in [1.29, 1.82) is 5.41 Å². The molecule has 0 aliphatic rings.